The summed E-state index contributed by atoms with van der Waals surface area (Å²) in [6, 6.07) is 9.25. The third-order valence-corrected chi connectivity index (χ3v) is 4.24. The molecule has 0 aromatic heterocycles. The van der Waals surface area contributed by atoms with Gasteiger partial charge in [0.1, 0.15) is 5.75 Å². The van der Waals surface area contributed by atoms with Crippen LogP contribution >= 0.6 is 0 Å². The Labute approximate surface area is 130 Å². The molecule has 0 saturated carbocycles. The second kappa shape index (κ2) is 9.06. The Bertz CT molecular complexity index is 389. The highest BCUT2D eigenvalue weighted by atomic mass is 16.5. The van der Waals surface area contributed by atoms with Crippen LogP contribution in [0.1, 0.15) is 58.6 Å². The van der Waals surface area contributed by atoms with Gasteiger partial charge >= 0.3 is 0 Å². The average Bonchev–Trinajstić information content (AvgIpc) is 2.50. The highest BCUT2D eigenvalue weighted by Gasteiger charge is 2.26. The molecule has 0 saturated heterocycles. The number of ether oxygens (including phenoxy) is 1. The average molecular weight is 292 g/mol. The quantitative estimate of drug-likeness (QED) is 0.748. The zero-order valence-electron chi connectivity index (χ0n) is 14.3. The van der Waals surface area contributed by atoms with Gasteiger partial charge in [-0.3, -0.25) is 4.90 Å². The molecule has 0 spiro atoms. The number of nitrogens with zero attached hydrogens (tertiary/aromatic N) is 1. The van der Waals surface area contributed by atoms with Gasteiger partial charge in [-0.05, 0) is 50.9 Å². The van der Waals surface area contributed by atoms with Crippen molar-refractivity contribution in [2.24, 2.45) is 5.73 Å². The largest absolute Gasteiger partial charge is 0.497 e. The van der Waals surface area contributed by atoms with Gasteiger partial charge in [0.15, 0.2) is 0 Å². The lowest BCUT2D eigenvalue weighted by Gasteiger charge is -2.39. The van der Waals surface area contributed by atoms with E-state index in [4.69, 9.17) is 10.5 Å². The Kier molecular flexibility index (Phi) is 7.76. The molecule has 3 nitrogen and oxygen atoms in total. The van der Waals surface area contributed by atoms with Gasteiger partial charge in [0.25, 0.3) is 0 Å². The summed E-state index contributed by atoms with van der Waals surface area (Å²) in [6.07, 6.45) is 3.56. The van der Waals surface area contributed by atoms with Crippen molar-refractivity contribution >= 4 is 0 Å². The van der Waals surface area contributed by atoms with E-state index in [0.717, 1.165) is 18.7 Å². The predicted octanol–water partition coefficient (Wildman–Crippen LogP) is 3.98. The summed E-state index contributed by atoms with van der Waals surface area (Å²) < 4.78 is 5.26. The smallest absolute Gasteiger partial charge is 0.118 e. The maximum atomic E-state index is 6.33. The topological polar surface area (TPSA) is 38.5 Å². The predicted molar refractivity (Wildman–Crippen MR) is 90.8 cm³/mol. The highest BCUT2D eigenvalue weighted by molar-refractivity contribution is 5.30. The minimum absolute atomic E-state index is 0.101. The van der Waals surface area contributed by atoms with E-state index in [1.165, 1.54) is 18.4 Å². The summed E-state index contributed by atoms with van der Waals surface area (Å²) in [7, 11) is 1.70. The molecule has 1 aromatic rings. The van der Waals surface area contributed by atoms with E-state index in [2.05, 4.69) is 44.7 Å². The first-order valence-electron chi connectivity index (χ1n) is 8.20. The van der Waals surface area contributed by atoms with E-state index in [0.29, 0.717) is 6.04 Å². The summed E-state index contributed by atoms with van der Waals surface area (Å²) >= 11 is 0. The van der Waals surface area contributed by atoms with Crippen molar-refractivity contribution in [3.8, 4) is 5.75 Å². The SMILES string of the molecule is CCCCN(C(C)CC)C(c1ccc(OC)cc1)C(C)N. The molecule has 120 valence electrons. The van der Waals surface area contributed by atoms with Gasteiger partial charge in [0, 0.05) is 18.1 Å². The Balaban J connectivity index is 3.04. The molecule has 0 bridgehead atoms. The molecule has 0 aliphatic heterocycles. The highest BCUT2D eigenvalue weighted by Crippen LogP contribution is 2.28. The second-order valence-electron chi connectivity index (χ2n) is 5.93. The van der Waals surface area contributed by atoms with Gasteiger partial charge in [0.05, 0.1) is 7.11 Å². The first kappa shape index (κ1) is 18.0. The van der Waals surface area contributed by atoms with Crippen molar-refractivity contribution in [2.45, 2.75) is 65.1 Å². The summed E-state index contributed by atoms with van der Waals surface area (Å²) in [6.45, 7) is 9.99. The van der Waals surface area contributed by atoms with Gasteiger partial charge in [0.2, 0.25) is 0 Å². The van der Waals surface area contributed by atoms with E-state index >= 15 is 0 Å². The summed E-state index contributed by atoms with van der Waals surface area (Å²) in [5.74, 6) is 0.894. The van der Waals surface area contributed by atoms with Crippen molar-refractivity contribution in [3.63, 3.8) is 0 Å². The zero-order valence-corrected chi connectivity index (χ0v) is 14.3. The van der Waals surface area contributed by atoms with E-state index in [1.807, 2.05) is 12.1 Å². The summed E-state index contributed by atoms with van der Waals surface area (Å²) in [5, 5.41) is 0. The third kappa shape index (κ3) is 5.01. The first-order valence-corrected chi connectivity index (χ1v) is 8.20. The third-order valence-electron chi connectivity index (χ3n) is 4.24. The van der Waals surface area contributed by atoms with Gasteiger partial charge < -0.3 is 10.5 Å². The molecule has 0 radical (unpaired) electrons. The fraction of sp³-hybridized carbons (Fsp3) is 0.667. The molecule has 0 amide bonds. The van der Waals surface area contributed by atoms with E-state index in [-0.39, 0.29) is 12.1 Å². The number of nitrogens with two attached hydrogens (primary N) is 1. The van der Waals surface area contributed by atoms with Crippen LogP contribution in [0.2, 0.25) is 0 Å². The fourth-order valence-electron chi connectivity index (χ4n) is 2.81. The maximum Gasteiger partial charge on any atom is 0.118 e. The van der Waals surface area contributed by atoms with Crippen molar-refractivity contribution in [2.75, 3.05) is 13.7 Å². The van der Waals surface area contributed by atoms with Gasteiger partial charge in [-0.15, -0.1) is 0 Å². The van der Waals surface area contributed by atoms with Crippen molar-refractivity contribution in [1.82, 2.24) is 4.90 Å². The maximum absolute atomic E-state index is 6.33. The van der Waals surface area contributed by atoms with E-state index < -0.39 is 0 Å². The van der Waals surface area contributed by atoms with Crippen LogP contribution in [0.25, 0.3) is 0 Å². The van der Waals surface area contributed by atoms with E-state index in [1.54, 1.807) is 7.11 Å². The molecule has 3 heteroatoms. The molecule has 1 rings (SSSR count). The Hall–Kier alpha value is -1.06. The van der Waals surface area contributed by atoms with E-state index in [9.17, 15) is 0 Å². The van der Waals surface area contributed by atoms with Crippen LogP contribution in [-0.2, 0) is 0 Å². The van der Waals surface area contributed by atoms with Gasteiger partial charge in [-0.2, -0.15) is 0 Å². The van der Waals surface area contributed by atoms with Crippen LogP contribution in [0.3, 0.4) is 0 Å². The number of hydrogen-bond acceptors (Lipinski definition) is 3. The minimum Gasteiger partial charge on any atom is -0.497 e. The van der Waals surface area contributed by atoms with Crippen LogP contribution in [0.4, 0.5) is 0 Å². The van der Waals surface area contributed by atoms with Crippen LogP contribution in [0.15, 0.2) is 24.3 Å². The van der Waals surface area contributed by atoms with Crippen LogP contribution in [-0.4, -0.2) is 30.6 Å². The molecule has 0 aliphatic rings. The Morgan fingerprint density at radius 2 is 1.76 bits per heavy atom. The molecule has 0 aliphatic carbocycles. The van der Waals surface area contributed by atoms with Crippen LogP contribution in [0.5, 0.6) is 5.75 Å². The Morgan fingerprint density at radius 3 is 2.19 bits per heavy atom. The molecular formula is C18H32N2O. The number of unbranched alkanes of at least 4 members (excludes halogenated alkanes) is 1. The lowest BCUT2D eigenvalue weighted by atomic mass is 9.96. The van der Waals surface area contributed by atoms with Crippen molar-refractivity contribution in [1.29, 1.82) is 0 Å². The van der Waals surface area contributed by atoms with Crippen molar-refractivity contribution < 1.29 is 4.74 Å². The number of benzene rings is 1. The molecule has 0 heterocycles. The molecule has 0 fully saturated rings. The lowest BCUT2D eigenvalue weighted by Crippen LogP contribution is -2.44. The minimum atomic E-state index is 0.101. The molecule has 3 unspecified atom stereocenters. The van der Waals surface area contributed by atoms with Crippen molar-refractivity contribution in [3.05, 3.63) is 29.8 Å². The number of methoxy groups -OCH3 is 1. The van der Waals surface area contributed by atoms with Crippen LogP contribution < -0.4 is 10.5 Å². The monoisotopic (exact) mass is 292 g/mol. The van der Waals surface area contributed by atoms with Crippen LogP contribution in [0, 0.1) is 0 Å². The molecular weight excluding hydrogens is 260 g/mol. The lowest BCUT2D eigenvalue weighted by molar-refractivity contribution is 0.121. The molecule has 2 N–H and O–H groups in total. The fourth-order valence-corrected chi connectivity index (χ4v) is 2.81. The number of hydrogen-bond donors (Lipinski definition) is 1. The Morgan fingerprint density at radius 1 is 1.14 bits per heavy atom. The number of rotatable bonds is 9. The second-order valence-corrected chi connectivity index (χ2v) is 5.93. The van der Waals surface area contributed by atoms with Gasteiger partial charge in [-0.25, -0.2) is 0 Å². The summed E-state index contributed by atoms with van der Waals surface area (Å²) in [4.78, 5) is 2.57. The normalized spacial score (nSPS) is 15.8. The first-order chi connectivity index (χ1) is 10.0. The molecule has 3 atom stereocenters. The molecule has 1 aromatic carbocycles. The zero-order chi connectivity index (χ0) is 15.8. The standard InChI is InChI=1S/C18H32N2O/c1-6-8-13-20(14(3)7-2)18(15(4)19)16-9-11-17(21-5)12-10-16/h9-12,14-15,18H,6-8,13,19H2,1-5H3. The molecule has 21 heavy (non-hydrogen) atoms. The summed E-state index contributed by atoms with van der Waals surface area (Å²) in [5.41, 5.74) is 7.61. The van der Waals surface area contributed by atoms with Gasteiger partial charge in [-0.1, -0.05) is 32.4 Å².